The number of thiazole rings is 1. The third-order valence-corrected chi connectivity index (χ3v) is 3.84. The molecule has 1 aromatic carbocycles. The van der Waals surface area contributed by atoms with Gasteiger partial charge in [-0.1, -0.05) is 32.9 Å². The molecule has 90 valence electrons. The van der Waals surface area contributed by atoms with E-state index in [9.17, 15) is 0 Å². The smallest absolute Gasteiger partial charge is 0.123 e. The van der Waals surface area contributed by atoms with Gasteiger partial charge in [-0.3, -0.25) is 0 Å². The second kappa shape index (κ2) is 4.26. The zero-order valence-corrected chi connectivity index (χ0v) is 12.0. The molecule has 1 nitrogen and oxygen atoms in total. The zero-order chi connectivity index (χ0) is 12.6. The molecule has 0 aliphatic heterocycles. The van der Waals surface area contributed by atoms with Gasteiger partial charge in [0.15, 0.2) is 0 Å². The van der Waals surface area contributed by atoms with Crippen LogP contribution in [0.5, 0.6) is 0 Å². The number of rotatable bonds is 1. The van der Waals surface area contributed by atoms with E-state index in [2.05, 4.69) is 51.7 Å². The van der Waals surface area contributed by atoms with Gasteiger partial charge in [-0.25, -0.2) is 4.98 Å². The van der Waals surface area contributed by atoms with Crippen LogP contribution in [0.3, 0.4) is 0 Å². The topological polar surface area (TPSA) is 12.9 Å². The van der Waals surface area contributed by atoms with Crippen LogP contribution in [0.25, 0.3) is 10.6 Å². The van der Waals surface area contributed by atoms with Gasteiger partial charge in [0, 0.05) is 17.1 Å². The monoisotopic (exact) mass is 245 g/mol. The highest BCUT2D eigenvalue weighted by molar-refractivity contribution is 7.13. The lowest BCUT2D eigenvalue weighted by Gasteiger charge is -2.21. The molecule has 0 bridgehead atoms. The summed E-state index contributed by atoms with van der Waals surface area (Å²) in [5.41, 5.74) is 5.55. The van der Waals surface area contributed by atoms with Crippen LogP contribution in [-0.4, -0.2) is 4.98 Å². The number of nitrogens with zero attached hydrogens (tertiary/aromatic N) is 1. The van der Waals surface area contributed by atoms with Crippen LogP contribution in [-0.2, 0) is 5.41 Å². The van der Waals surface area contributed by atoms with Crippen molar-refractivity contribution < 1.29 is 0 Å². The molecular formula is C15H19NS. The summed E-state index contributed by atoms with van der Waals surface area (Å²) in [6.45, 7) is 11.1. The molecule has 0 aliphatic rings. The summed E-state index contributed by atoms with van der Waals surface area (Å²) in [5, 5.41) is 3.16. The van der Waals surface area contributed by atoms with Crippen molar-refractivity contribution in [1.82, 2.24) is 4.98 Å². The lowest BCUT2D eigenvalue weighted by Crippen LogP contribution is -2.12. The molecule has 2 heteroatoms. The normalized spacial score (nSPS) is 11.8. The first-order chi connectivity index (χ1) is 7.89. The SMILES string of the molecule is Cc1cc(C(C)(C)C)cc(C)c1-c1nccs1. The summed E-state index contributed by atoms with van der Waals surface area (Å²) in [6, 6.07) is 4.59. The maximum Gasteiger partial charge on any atom is 0.123 e. The minimum Gasteiger partial charge on any atom is -0.245 e. The zero-order valence-electron chi connectivity index (χ0n) is 11.2. The fourth-order valence-corrected chi connectivity index (χ4v) is 2.89. The lowest BCUT2D eigenvalue weighted by molar-refractivity contribution is 0.589. The largest absolute Gasteiger partial charge is 0.245 e. The first kappa shape index (κ1) is 12.3. The van der Waals surface area contributed by atoms with Crippen LogP contribution in [0.15, 0.2) is 23.7 Å². The molecule has 0 saturated carbocycles. The maximum absolute atomic E-state index is 4.42. The second-order valence-corrected chi connectivity index (χ2v) is 6.47. The first-order valence-corrected chi connectivity index (χ1v) is 6.79. The lowest BCUT2D eigenvalue weighted by atomic mass is 9.84. The van der Waals surface area contributed by atoms with Crippen LogP contribution in [0.4, 0.5) is 0 Å². The van der Waals surface area contributed by atoms with Gasteiger partial charge >= 0.3 is 0 Å². The predicted molar refractivity (Wildman–Crippen MR) is 75.7 cm³/mol. The second-order valence-electron chi connectivity index (χ2n) is 5.57. The van der Waals surface area contributed by atoms with E-state index in [-0.39, 0.29) is 5.41 Å². The minimum atomic E-state index is 0.205. The number of hydrogen-bond donors (Lipinski definition) is 0. The summed E-state index contributed by atoms with van der Waals surface area (Å²) in [7, 11) is 0. The van der Waals surface area contributed by atoms with E-state index in [0.717, 1.165) is 5.01 Å². The van der Waals surface area contributed by atoms with E-state index in [1.807, 2.05) is 11.6 Å². The summed E-state index contributed by atoms with van der Waals surface area (Å²) in [4.78, 5) is 4.42. The van der Waals surface area contributed by atoms with Crippen molar-refractivity contribution in [2.45, 2.75) is 40.0 Å². The van der Waals surface area contributed by atoms with Crippen molar-refractivity contribution in [3.05, 3.63) is 40.4 Å². The average molecular weight is 245 g/mol. The highest BCUT2D eigenvalue weighted by atomic mass is 32.1. The fourth-order valence-electron chi connectivity index (χ4n) is 2.08. The third kappa shape index (κ3) is 2.42. The highest BCUT2D eigenvalue weighted by Crippen LogP contribution is 2.33. The van der Waals surface area contributed by atoms with Crippen LogP contribution < -0.4 is 0 Å². The summed E-state index contributed by atoms with van der Waals surface area (Å²) in [6.07, 6.45) is 1.87. The molecule has 0 saturated heterocycles. The Morgan fingerprint density at radius 3 is 2.06 bits per heavy atom. The molecule has 0 atom stereocenters. The number of hydrogen-bond acceptors (Lipinski definition) is 2. The standard InChI is InChI=1S/C15H19NS/c1-10-8-12(15(3,4)5)9-11(2)13(10)14-16-6-7-17-14/h6-9H,1-5H3. The third-order valence-electron chi connectivity index (χ3n) is 3.04. The summed E-state index contributed by atoms with van der Waals surface area (Å²) in [5.74, 6) is 0. The average Bonchev–Trinajstić information content (AvgIpc) is 2.68. The molecule has 0 fully saturated rings. The Morgan fingerprint density at radius 2 is 1.65 bits per heavy atom. The van der Waals surface area contributed by atoms with Gasteiger partial charge in [-0.05, 0) is 36.0 Å². The van der Waals surface area contributed by atoms with Crippen LogP contribution in [0.1, 0.15) is 37.5 Å². The molecular weight excluding hydrogens is 226 g/mol. The Hall–Kier alpha value is -1.15. The van der Waals surface area contributed by atoms with Gasteiger partial charge in [0.25, 0.3) is 0 Å². The summed E-state index contributed by atoms with van der Waals surface area (Å²) >= 11 is 1.71. The molecule has 2 rings (SSSR count). The van der Waals surface area contributed by atoms with Crippen LogP contribution in [0.2, 0.25) is 0 Å². The Balaban J connectivity index is 2.58. The van der Waals surface area contributed by atoms with E-state index in [4.69, 9.17) is 0 Å². The maximum atomic E-state index is 4.42. The Morgan fingerprint density at radius 1 is 1.06 bits per heavy atom. The molecule has 1 aromatic heterocycles. The predicted octanol–water partition coefficient (Wildman–Crippen LogP) is 4.72. The molecule has 1 heterocycles. The van der Waals surface area contributed by atoms with Crippen molar-refractivity contribution >= 4 is 11.3 Å². The Labute approximate surface area is 108 Å². The van der Waals surface area contributed by atoms with Gasteiger partial charge in [0.2, 0.25) is 0 Å². The molecule has 17 heavy (non-hydrogen) atoms. The van der Waals surface area contributed by atoms with Gasteiger partial charge in [-0.2, -0.15) is 0 Å². The molecule has 0 radical (unpaired) electrons. The molecule has 0 N–H and O–H groups in total. The van der Waals surface area contributed by atoms with Gasteiger partial charge in [-0.15, -0.1) is 11.3 Å². The van der Waals surface area contributed by atoms with Gasteiger partial charge < -0.3 is 0 Å². The number of benzene rings is 1. The van der Waals surface area contributed by atoms with E-state index >= 15 is 0 Å². The fraction of sp³-hybridized carbons (Fsp3) is 0.400. The van der Waals surface area contributed by atoms with Crippen molar-refractivity contribution in [2.24, 2.45) is 0 Å². The molecule has 0 unspecified atom stereocenters. The molecule has 0 spiro atoms. The quantitative estimate of drug-likeness (QED) is 0.708. The van der Waals surface area contributed by atoms with Crippen molar-refractivity contribution in [2.75, 3.05) is 0 Å². The van der Waals surface area contributed by atoms with Gasteiger partial charge in [0.05, 0.1) is 0 Å². The van der Waals surface area contributed by atoms with E-state index < -0.39 is 0 Å². The van der Waals surface area contributed by atoms with Crippen LogP contribution in [0, 0.1) is 13.8 Å². The Bertz CT molecular complexity index is 495. The molecule has 0 amide bonds. The first-order valence-electron chi connectivity index (χ1n) is 5.91. The summed E-state index contributed by atoms with van der Waals surface area (Å²) < 4.78 is 0. The van der Waals surface area contributed by atoms with E-state index in [1.54, 1.807) is 11.3 Å². The minimum absolute atomic E-state index is 0.205. The van der Waals surface area contributed by atoms with E-state index in [0.29, 0.717) is 0 Å². The Kier molecular flexibility index (Phi) is 3.09. The van der Waals surface area contributed by atoms with Crippen LogP contribution >= 0.6 is 11.3 Å². The molecule has 2 aromatic rings. The molecule has 0 aliphatic carbocycles. The van der Waals surface area contributed by atoms with E-state index in [1.165, 1.54) is 22.3 Å². The van der Waals surface area contributed by atoms with Gasteiger partial charge in [0.1, 0.15) is 5.01 Å². The van der Waals surface area contributed by atoms with Crippen molar-refractivity contribution in [1.29, 1.82) is 0 Å². The number of aryl methyl sites for hydroxylation is 2. The van der Waals surface area contributed by atoms with Crippen molar-refractivity contribution in [3.63, 3.8) is 0 Å². The van der Waals surface area contributed by atoms with Crippen molar-refractivity contribution in [3.8, 4) is 10.6 Å². The highest BCUT2D eigenvalue weighted by Gasteiger charge is 2.17. The number of aromatic nitrogens is 1.